The first-order valence-corrected chi connectivity index (χ1v) is 11.5. The van der Waals surface area contributed by atoms with E-state index in [1.54, 1.807) is 42.6 Å². The molecule has 11 heteroatoms. The summed E-state index contributed by atoms with van der Waals surface area (Å²) in [5, 5.41) is 21.3. The Morgan fingerprint density at radius 2 is 1.54 bits per heavy atom. The van der Waals surface area contributed by atoms with E-state index in [4.69, 9.17) is 0 Å². The van der Waals surface area contributed by atoms with Crippen molar-refractivity contribution in [1.82, 2.24) is 4.98 Å². The van der Waals surface area contributed by atoms with Crippen molar-refractivity contribution in [1.29, 1.82) is 0 Å². The number of halogens is 2. The van der Waals surface area contributed by atoms with Gasteiger partial charge >= 0.3 is 0 Å². The zero-order valence-corrected chi connectivity index (χ0v) is 22.2. The average Bonchev–Trinajstić information content (AvgIpc) is 2.91. The normalized spacial score (nSPS) is 10.1. The van der Waals surface area contributed by atoms with E-state index in [0.29, 0.717) is 27.8 Å². The molecular weight excluding hydrogens is 539 g/mol. The number of carbonyl (C=O) groups excluding carboxylic acids is 1. The predicted molar refractivity (Wildman–Crippen MR) is 151 cm³/mol. The number of nitrogens with one attached hydrogen (secondary N) is 3. The number of hydrogen-bond donors (Lipinski definition) is 3. The van der Waals surface area contributed by atoms with Crippen molar-refractivity contribution in [2.75, 3.05) is 16.0 Å². The van der Waals surface area contributed by atoms with Gasteiger partial charge in [-0.05, 0) is 54.6 Å². The van der Waals surface area contributed by atoms with Gasteiger partial charge in [-0.15, -0.1) is 12.4 Å². The number of nitro benzene ring substituents is 1. The van der Waals surface area contributed by atoms with Gasteiger partial charge in [0.15, 0.2) is 12.4 Å². The summed E-state index contributed by atoms with van der Waals surface area (Å²) in [6.07, 6.45) is 5.53. The zero-order chi connectivity index (χ0) is 25.8. The number of non-ortho nitro benzene ring substituents is 1. The highest BCUT2D eigenvalue weighted by Crippen LogP contribution is 2.29. The Bertz CT molecular complexity index is 1610. The first-order valence-electron chi connectivity index (χ1n) is 11.5. The third-order valence-corrected chi connectivity index (χ3v) is 5.75. The third-order valence-electron chi connectivity index (χ3n) is 5.75. The van der Waals surface area contributed by atoms with Gasteiger partial charge in [0.1, 0.15) is 7.05 Å². The van der Waals surface area contributed by atoms with Gasteiger partial charge in [-0.1, -0.05) is 6.07 Å². The molecule has 0 spiro atoms. The monoisotopic (exact) mass is 562 g/mol. The fourth-order valence-electron chi connectivity index (χ4n) is 3.84. The lowest BCUT2D eigenvalue weighted by molar-refractivity contribution is -0.671. The molecule has 2 aromatic heterocycles. The summed E-state index contributed by atoms with van der Waals surface area (Å²) in [4.78, 5) is 27.9. The maximum Gasteiger partial charge on any atom is 0.270 e. The van der Waals surface area contributed by atoms with Gasteiger partial charge in [0, 0.05) is 64.2 Å². The van der Waals surface area contributed by atoms with Crippen molar-refractivity contribution < 1.29 is 26.7 Å². The molecule has 0 atom stereocenters. The summed E-state index contributed by atoms with van der Waals surface area (Å²) < 4.78 is 1.95. The number of pyridine rings is 2. The first-order chi connectivity index (χ1) is 17.9. The zero-order valence-electron chi connectivity index (χ0n) is 20.7. The summed E-state index contributed by atoms with van der Waals surface area (Å²) in [5.74, 6) is -0.226. The van der Waals surface area contributed by atoms with Crippen LogP contribution in [0.4, 0.5) is 34.1 Å². The molecule has 0 aliphatic heterocycles. The van der Waals surface area contributed by atoms with Gasteiger partial charge in [0.05, 0.1) is 16.1 Å². The number of rotatable bonds is 7. The van der Waals surface area contributed by atoms with Crippen LogP contribution < -0.4 is 32.9 Å². The Labute approximate surface area is 236 Å². The quantitative estimate of drug-likeness (QED) is 0.159. The van der Waals surface area contributed by atoms with Crippen LogP contribution in [0.15, 0.2) is 104 Å². The minimum atomic E-state index is -0.429. The summed E-state index contributed by atoms with van der Waals surface area (Å²) >= 11 is 0. The molecule has 5 aromatic rings. The van der Waals surface area contributed by atoms with Crippen LogP contribution in [0.2, 0.25) is 0 Å². The Morgan fingerprint density at radius 3 is 2.26 bits per heavy atom. The first kappa shape index (κ1) is 28.8. The Hall–Kier alpha value is -4.73. The lowest BCUT2D eigenvalue weighted by Gasteiger charge is -2.11. The number of hydrogen-bond acceptors (Lipinski definition) is 6. The molecule has 1 amide bonds. The molecule has 3 aromatic carbocycles. The molecule has 39 heavy (non-hydrogen) atoms. The van der Waals surface area contributed by atoms with Crippen LogP contribution in [0.25, 0.3) is 10.9 Å². The highest BCUT2D eigenvalue weighted by molar-refractivity contribution is 6.05. The number of benzene rings is 3. The van der Waals surface area contributed by atoms with Crippen LogP contribution in [-0.4, -0.2) is 15.8 Å². The minimum absolute atomic E-state index is 0. The molecule has 5 rings (SSSR count). The maximum atomic E-state index is 12.9. The lowest BCUT2D eigenvalue weighted by Crippen LogP contribution is -3.00. The molecule has 3 N–H and O–H groups in total. The van der Waals surface area contributed by atoms with E-state index in [0.717, 1.165) is 17.1 Å². The van der Waals surface area contributed by atoms with Gasteiger partial charge in [-0.25, -0.2) is 4.57 Å². The number of nitrogens with zero attached hydrogens (tertiary/aromatic N) is 3. The van der Waals surface area contributed by atoms with Crippen molar-refractivity contribution in [3.63, 3.8) is 0 Å². The fraction of sp³-hybridized carbons (Fsp3) is 0.0357. The largest absolute Gasteiger partial charge is 1.00 e. The smallest absolute Gasteiger partial charge is 0.270 e. The Balaban J connectivity index is 0.00000210. The molecule has 0 radical (unpaired) electrons. The molecule has 2 heterocycles. The maximum absolute atomic E-state index is 12.9. The van der Waals surface area contributed by atoms with Gasteiger partial charge in [-0.3, -0.25) is 19.9 Å². The molecule has 198 valence electrons. The molecular formula is C28H24Cl2N6O3. The number of aromatic nitrogens is 2. The van der Waals surface area contributed by atoms with Gasteiger partial charge in [0.2, 0.25) is 0 Å². The van der Waals surface area contributed by atoms with E-state index in [1.165, 1.54) is 12.1 Å². The van der Waals surface area contributed by atoms with E-state index in [2.05, 4.69) is 20.9 Å². The van der Waals surface area contributed by atoms with Crippen LogP contribution in [-0.2, 0) is 7.05 Å². The van der Waals surface area contributed by atoms with E-state index in [-0.39, 0.29) is 36.4 Å². The number of anilines is 5. The molecule has 0 aliphatic rings. The molecule has 0 saturated heterocycles. The predicted octanol–water partition coefficient (Wildman–Crippen LogP) is 3.13. The van der Waals surface area contributed by atoms with E-state index in [1.807, 2.05) is 60.4 Å². The summed E-state index contributed by atoms with van der Waals surface area (Å²) in [5.41, 5.74) is 5.01. The van der Waals surface area contributed by atoms with E-state index in [9.17, 15) is 14.9 Å². The number of fused-ring (bicyclic) bond motifs is 1. The summed E-state index contributed by atoms with van der Waals surface area (Å²) in [6, 6.07) is 24.8. The molecule has 9 nitrogen and oxygen atoms in total. The average molecular weight is 563 g/mol. The standard InChI is InChI=1S/C28H22N6O3.2ClH/c1-33-15-12-22(13-16-33)30-23-4-2-3-19(17-23)28(35)32-21-7-5-20(6-8-21)31-27-11-14-29-26-10-9-24(34(36)37)18-25(26)27;;/h2-18H,1H3,(H2,29,31,32,35);2*1H. The van der Waals surface area contributed by atoms with Crippen molar-refractivity contribution in [2.45, 2.75) is 0 Å². The summed E-state index contributed by atoms with van der Waals surface area (Å²) in [6.45, 7) is 0. The van der Waals surface area contributed by atoms with Gasteiger partial charge in [-0.2, -0.15) is 0 Å². The van der Waals surface area contributed by atoms with Crippen LogP contribution in [0, 0.1) is 10.1 Å². The van der Waals surface area contributed by atoms with Gasteiger partial charge in [0.25, 0.3) is 11.6 Å². The lowest BCUT2D eigenvalue weighted by atomic mass is 10.1. The highest BCUT2D eigenvalue weighted by atomic mass is 35.5. The van der Waals surface area contributed by atoms with Crippen molar-refractivity contribution in [3.05, 3.63) is 119 Å². The van der Waals surface area contributed by atoms with Crippen LogP contribution in [0.5, 0.6) is 0 Å². The number of aryl methyl sites for hydroxylation is 1. The number of nitro groups is 1. The van der Waals surface area contributed by atoms with Crippen LogP contribution in [0.1, 0.15) is 10.4 Å². The second-order valence-corrected chi connectivity index (χ2v) is 8.43. The minimum Gasteiger partial charge on any atom is -1.00 e. The highest BCUT2D eigenvalue weighted by Gasteiger charge is 2.11. The molecule has 0 bridgehead atoms. The third kappa shape index (κ3) is 6.98. The number of amides is 1. The number of carbonyl (C=O) groups is 1. The second kappa shape index (κ2) is 12.7. The van der Waals surface area contributed by atoms with Crippen molar-refractivity contribution >= 4 is 63.3 Å². The van der Waals surface area contributed by atoms with E-state index < -0.39 is 4.92 Å². The fourth-order valence-corrected chi connectivity index (χ4v) is 3.84. The molecule has 0 fully saturated rings. The van der Waals surface area contributed by atoms with E-state index >= 15 is 0 Å². The van der Waals surface area contributed by atoms with Crippen molar-refractivity contribution in [2.24, 2.45) is 7.05 Å². The molecule has 0 aliphatic carbocycles. The summed E-state index contributed by atoms with van der Waals surface area (Å²) in [7, 11) is 1.95. The SMILES string of the molecule is C[n+]1ccc(Nc2cccc(C(=O)Nc3ccc(Nc4ccnc5ccc([N+](=O)[O-])cc45)cc3)c2)cc1.Cl.[Cl-]. The molecule has 0 saturated carbocycles. The van der Waals surface area contributed by atoms with Gasteiger partial charge < -0.3 is 28.4 Å². The molecule has 0 unspecified atom stereocenters. The topological polar surface area (TPSA) is 113 Å². The van der Waals surface area contributed by atoms with Crippen LogP contribution in [0.3, 0.4) is 0 Å². The Kier molecular flexibility index (Phi) is 9.38. The second-order valence-electron chi connectivity index (χ2n) is 8.43. The Morgan fingerprint density at radius 1 is 0.846 bits per heavy atom. The van der Waals surface area contributed by atoms with Crippen LogP contribution >= 0.6 is 12.4 Å². The van der Waals surface area contributed by atoms with Crippen molar-refractivity contribution in [3.8, 4) is 0 Å².